The van der Waals surface area contributed by atoms with Crippen LogP contribution in [0, 0.1) is 0 Å². The molecule has 2 N–H and O–H groups in total. The maximum Gasteiger partial charge on any atom is 0.128 e. The largest absolute Gasteiger partial charge is 0.507 e. The molecule has 0 amide bonds. The van der Waals surface area contributed by atoms with Crippen LogP contribution in [0.2, 0.25) is 0 Å². The second kappa shape index (κ2) is 10.7. The summed E-state index contributed by atoms with van der Waals surface area (Å²) in [5.74, 6) is 0.631. The molecule has 1 fully saturated rings. The van der Waals surface area contributed by atoms with E-state index in [0.717, 1.165) is 41.5 Å². The maximum absolute atomic E-state index is 11.2. The van der Waals surface area contributed by atoms with Gasteiger partial charge in [0.1, 0.15) is 11.5 Å². The third-order valence-corrected chi connectivity index (χ3v) is 7.88. The number of nitrogens with zero attached hydrogens (tertiary/aromatic N) is 2. The second-order valence-corrected chi connectivity index (χ2v) is 15.5. The van der Waals surface area contributed by atoms with Crippen LogP contribution in [0.3, 0.4) is 0 Å². The van der Waals surface area contributed by atoms with E-state index in [1.807, 2.05) is 12.4 Å². The topological polar surface area (TPSA) is 65.2 Å². The van der Waals surface area contributed by atoms with Crippen molar-refractivity contribution in [2.45, 2.75) is 136 Å². The SMILES string of the molecule is CC(C)(C)c1cc(C=N[C@H]2CCC[C@@H]2N=Cc2cc(C(C)(C)C)cc(C(C)(C)C)c2O)c(O)c(C(C)(C)C)c1. The number of aromatic hydroxyl groups is 2. The van der Waals surface area contributed by atoms with Gasteiger partial charge in [0.05, 0.1) is 12.1 Å². The number of rotatable bonds is 4. The molecule has 3 rings (SSSR count). The quantitative estimate of drug-likeness (QED) is 0.387. The molecular formula is C35H52N2O2. The summed E-state index contributed by atoms with van der Waals surface area (Å²) in [6.07, 6.45) is 6.70. The van der Waals surface area contributed by atoms with Gasteiger partial charge in [-0.15, -0.1) is 0 Å². The lowest BCUT2D eigenvalue weighted by Gasteiger charge is -2.27. The van der Waals surface area contributed by atoms with Gasteiger partial charge >= 0.3 is 0 Å². The molecule has 0 bridgehead atoms. The summed E-state index contributed by atoms with van der Waals surface area (Å²) < 4.78 is 0. The van der Waals surface area contributed by atoms with E-state index in [9.17, 15) is 10.2 Å². The molecule has 4 nitrogen and oxygen atoms in total. The Morgan fingerprint density at radius 3 is 1.18 bits per heavy atom. The van der Waals surface area contributed by atoms with Crippen LogP contribution in [0.4, 0.5) is 0 Å². The molecule has 0 aromatic heterocycles. The van der Waals surface area contributed by atoms with Crippen LogP contribution in [-0.4, -0.2) is 34.7 Å². The zero-order valence-electron chi connectivity index (χ0n) is 26.5. The van der Waals surface area contributed by atoms with Gasteiger partial charge in [-0.3, -0.25) is 9.98 Å². The molecule has 1 aliphatic rings. The monoisotopic (exact) mass is 532 g/mol. The molecule has 2 atom stereocenters. The molecule has 214 valence electrons. The normalized spacial score (nSPS) is 19.5. The van der Waals surface area contributed by atoms with Gasteiger partial charge in [-0.25, -0.2) is 0 Å². The molecule has 4 heteroatoms. The summed E-state index contributed by atoms with van der Waals surface area (Å²) in [4.78, 5) is 9.94. The van der Waals surface area contributed by atoms with Crippen LogP contribution in [0.15, 0.2) is 34.3 Å². The summed E-state index contributed by atoms with van der Waals surface area (Å²) >= 11 is 0. The minimum atomic E-state index is -0.177. The van der Waals surface area contributed by atoms with Gasteiger partial charge in [0.25, 0.3) is 0 Å². The Bertz CT molecular complexity index is 1140. The second-order valence-electron chi connectivity index (χ2n) is 15.5. The minimum absolute atomic E-state index is 0.0357. The molecule has 0 unspecified atom stereocenters. The van der Waals surface area contributed by atoms with E-state index in [4.69, 9.17) is 9.98 Å². The average molecular weight is 533 g/mol. The van der Waals surface area contributed by atoms with E-state index in [2.05, 4.69) is 107 Å². The van der Waals surface area contributed by atoms with Crippen LogP contribution in [0.1, 0.15) is 136 Å². The van der Waals surface area contributed by atoms with E-state index in [0.29, 0.717) is 11.5 Å². The summed E-state index contributed by atoms with van der Waals surface area (Å²) in [5.41, 5.74) is 5.39. The van der Waals surface area contributed by atoms with Crippen molar-refractivity contribution in [1.29, 1.82) is 0 Å². The molecular weight excluding hydrogens is 480 g/mol. The van der Waals surface area contributed by atoms with Crippen molar-refractivity contribution in [3.8, 4) is 11.5 Å². The lowest BCUT2D eigenvalue weighted by Crippen LogP contribution is -2.19. The van der Waals surface area contributed by atoms with Crippen molar-refractivity contribution in [3.63, 3.8) is 0 Å². The fourth-order valence-corrected chi connectivity index (χ4v) is 5.14. The van der Waals surface area contributed by atoms with E-state index >= 15 is 0 Å². The molecule has 2 aromatic rings. The van der Waals surface area contributed by atoms with Crippen molar-refractivity contribution in [1.82, 2.24) is 0 Å². The highest BCUT2D eigenvalue weighted by atomic mass is 16.3. The van der Waals surface area contributed by atoms with Crippen LogP contribution >= 0.6 is 0 Å². The molecule has 0 radical (unpaired) electrons. The molecule has 1 aliphatic carbocycles. The van der Waals surface area contributed by atoms with Gasteiger partial charge in [-0.1, -0.05) is 95.2 Å². The molecule has 39 heavy (non-hydrogen) atoms. The Kier molecular flexibility index (Phi) is 8.52. The highest BCUT2D eigenvalue weighted by molar-refractivity contribution is 5.86. The summed E-state index contributed by atoms with van der Waals surface area (Å²) in [5, 5.41) is 22.3. The van der Waals surface area contributed by atoms with Crippen molar-refractivity contribution >= 4 is 12.4 Å². The Labute approximate surface area is 237 Å². The van der Waals surface area contributed by atoms with Gasteiger partial charge in [-0.2, -0.15) is 0 Å². The van der Waals surface area contributed by atoms with Crippen LogP contribution < -0.4 is 0 Å². The molecule has 0 spiro atoms. The molecule has 2 aromatic carbocycles. The summed E-state index contributed by atoms with van der Waals surface area (Å²) in [6.45, 7) is 26.0. The number of benzene rings is 2. The number of phenolic OH excluding ortho intramolecular Hbond substituents is 2. The Morgan fingerprint density at radius 1 is 0.564 bits per heavy atom. The van der Waals surface area contributed by atoms with E-state index in [-0.39, 0.29) is 33.7 Å². The number of phenols is 2. The molecule has 0 saturated heterocycles. The van der Waals surface area contributed by atoms with Gasteiger partial charge < -0.3 is 10.2 Å². The van der Waals surface area contributed by atoms with E-state index < -0.39 is 0 Å². The number of hydrogen-bond acceptors (Lipinski definition) is 4. The third kappa shape index (κ3) is 7.32. The highest BCUT2D eigenvalue weighted by Gasteiger charge is 2.28. The van der Waals surface area contributed by atoms with Crippen molar-refractivity contribution < 1.29 is 10.2 Å². The smallest absolute Gasteiger partial charge is 0.128 e. The van der Waals surface area contributed by atoms with Crippen LogP contribution in [0.25, 0.3) is 0 Å². The predicted molar refractivity (Wildman–Crippen MR) is 168 cm³/mol. The Morgan fingerprint density at radius 2 is 0.897 bits per heavy atom. The Balaban J connectivity index is 1.96. The lowest BCUT2D eigenvalue weighted by molar-refractivity contribution is 0.443. The van der Waals surface area contributed by atoms with Crippen molar-refractivity contribution in [2.24, 2.45) is 9.98 Å². The highest BCUT2D eigenvalue weighted by Crippen LogP contribution is 2.39. The van der Waals surface area contributed by atoms with Crippen LogP contribution in [-0.2, 0) is 21.7 Å². The minimum Gasteiger partial charge on any atom is -0.507 e. The standard InChI is InChI=1S/C35H52N2O2/c1-32(2,3)24-16-22(30(38)26(18-24)34(7,8)9)20-36-28-14-13-15-29(28)37-21-23-17-25(33(4,5)6)19-27(31(23)39)35(10,11)12/h16-21,28-29,38-39H,13-15H2,1-12H3/t28-,29-/m0/s1. The van der Waals surface area contributed by atoms with Crippen molar-refractivity contribution in [2.75, 3.05) is 0 Å². The van der Waals surface area contributed by atoms with Crippen LogP contribution in [0.5, 0.6) is 11.5 Å². The fourth-order valence-electron chi connectivity index (χ4n) is 5.14. The average Bonchev–Trinajstić information content (AvgIpc) is 3.21. The lowest BCUT2D eigenvalue weighted by atomic mass is 9.79. The summed E-state index contributed by atoms with van der Waals surface area (Å²) in [6, 6.07) is 8.52. The predicted octanol–water partition coefficient (Wildman–Crippen LogP) is 8.75. The van der Waals surface area contributed by atoms with Gasteiger partial charge in [0, 0.05) is 34.7 Å². The Hall–Kier alpha value is -2.62. The van der Waals surface area contributed by atoms with Crippen molar-refractivity contribution in [3.05, 3.63) is 57.6 Å². The zero-order valence-corrected chi connectivity index (χ0v) is 26.5. The first kappa shape index (κ1) is 30.9. The zero-order chi connectivity index (χ0) is 29.6. The third-order valence-electron chi connectivity index (χ3n) is 7.88. The van der Waals surface area contributed by atoms with Gasteiger partial charge in [0.2, 0.25) is 0 Å². The van der Waals surface area contributed by atoms with E-state index in [1.165, 1.54) is 11.1 Å². The van der Waals surface area contributed by atoms with Gasteiger partial charge in [-0.05, 0) is 64.2 Å². The first-order chi connectivity index (χ1) is 17.7. The van der Waals surface area contributed by atoms with E-state index in [1.54, 1.807) is 0 Å². The molecule has 1 saturated carbocycles. The fraction of sp³-hybridized carbons (Fsp3) is 0.600. The summed E-state index contributed by atoms with van der Waals surface area (Å²) in [7, 11) is 0. The number of hydrogen-bond donors (Lipinski definition) is 2. The first-order valence-corrected chi connectivity index (χ1v) is 14.5. The molecule has 0 aliphatic heterocycles. The number of aliphatic imine (C=N–C) groups is 2. The van der Waals surface area contributed by atoms with Gasteiger partial charge in [0.15, 0.2) is 0 Å². The molecule has 0 heterocycles. The first-order valence-electron chi connectivity index (χ1n) is 14.5. The maximum atomic E-state index is 11.2.